The summed E-state index contributed by atoms with van der Waals surface area (Å²) in [5.41, 5.74) is 2.18. The van der Waals surface area contributed by atoms with Gasteiger partial charge in [-0.2, -0.15) is 0 Å². The highest BCUT2D eigenvalue weighted by Gasteiger charge is 2.18. The zero-order chi connectivity index (χ0) is 17.8. The highest BCUT2D eigenvalue weighted by Crippen LogP contribution is 2.35. The van der Waals surface area contributed by atoms with Gasteiger partial charge >= 0.3 is 0 Å². The summed E-state index contributed by atoms with van der Waals surface area (Å²) in [5, 5.41) is 2.98. The Kier molecular flexibility index (Phi) is 5.48. The van der Waals surface area contributed by atoms with Crippen molar-refractivity contribution in [2.75, 3.05) is 21.3 Å². The molecule has 0 bridgehead atoms. The third-order valence-electron chi connectivity index (χ3n) is 4.45. The number of ether oxygens (including phenoxy) is 3. The number of aryl methyl sites for hydroxylation is 2. The summed E-state index contributed by atoms with van der Waals surface area (Å²) in [4.78, 5) is 14.7. The number of hydrogen-bond acceptors (Lipinski definition) is 5. The maximum Gasteiger partial charge on any atom is 0.261 e. The van der Waals surface area contributed by atoms with E-state index < -0.39 is 0 Å². The minimum atomic E-state index is -0.0452. The lowest BCUT2D eigenvalue weighted by molar-refractivity contribution is 0.0954. The van der Waals surface area contributed by atoms with Gasteiger partial charge in [-0.3, -0.25) is 4.79 Å². The van der Waals surface area contributed by atoms with E-state index in [1.54, 1.807) is 38.7 Å². The van der Waals surface area contributed by atoms with Crippen LogP contribution in [-0.4, -0.2) is 27.2 Å². The first-order valence-corrected chi connectivity index (χ1v) is 9.16. The number of benzene rings is 1. The highest BCUT2D eigenvalue weighted by molar-refractivity contribution is 7.14. The van der Waals surface area contributed by atoms with Crippen LogP contribution >= 0.6 is 11.3 Å². The minimum absolute atomic E-state index is 0.0452. The Bertz CT molecular complexity index is 746. The molecule has 0 aliphatic heterocycles. The average molecular weight is 361 g/mol. The molecular formula is C19H23NO4S. The molecule has 2 aromatic rings. The molecule has 1 aliphatic rings. The van der Waals surface area contributed by atoms with Crippen LogP contribution in [0.5, 0.6) is 17.2 Å². The van der Waals surface area contributed by atoms with E-state index in [-0.39, 0.29) is 5.91 Å². The molecule has 0 radical (unpaired) electrons. The van der Waals surface area contributed by atoms with Gasteiger partial charge in [0, 0.05) is 23.1 Å². The standard InChI is InChI=1S/C19H23NO4S/c1-22-14-10-16(24-3)15(23-2)8-13(14)11-20-19(21)18-9-12-6-4-5-7-17(12)25-18/h8-10H,4-7,11H2,1-3H3,(H,20,21). The molecule has 0 atom stereocenters. The zero-order valence-corrected chi connectivity index (χ0v) is 15.6. The van der Waals surface area contributed by atoms with Crippen LogP contribution < -0.4 is 19.5 Å². The number of carbonyl (C=O) groups is 1. The van der Waals surface area contributed by atoms with Crippen LogP contribution in [0.25, 0.3) is 0 Å². The minimum Gasteiger partial charge on any atom is -0.496 e. The molecular weight excluding hydrogens is 338 g/mol. The number of amides is 1. The van der Waals surface area contributed by atoms with Crippen molar-refractivity contribution in [1.82, 2.24) is 5.32 Å². The normalized spacial score (nSPS) is 13.1. The van der Waals surface area contributed by atoms with Gasteiger partial charge < -0.3 is 19.5 Å². The Balaban J connectivity index is 1.74. The number of nitrogens with one attached hydrogen (secondary N) is 1. The van der Waals surface area contributed by atoms with Gasteiger partial charge in [0.05, 0.1) is 26.2 Å². The summed E-state index contributed by atoms with van der Waals surface area (Å²) < 4.78 is 16.0. The Morgan fingerprint density at radius 3 is 2.36 bits per heavy atom. The fourth-order valence-corrected chi connectivity index (χ4v) is 4.27. The van der Waals surface area contributed by atoms with E-state index in [9.17, 15) is 4.79 Å². The smallest absolute Gasteiger partial charge is 0.261 e. The molecule has 3 rings (SSSR count). The third kappa shape index (κ3) is 3.74. The third-order valence-corrected chi connectivity index (χ3v) is 5.68. The Morgan fingerprint density at radius 2 is 1.68 bits per heavy atom. The fraction of sp³-hybridized carbons (Fsp3) is 0.421. The van der Waals surface area contributed by atoms with Crippen molar-refractivity contribution in [1.29, 1.82) is 0 Å². The molecule has 1 aliphatic carbocycles. The lowest BCUT2D eigenvalue weighted by Crippen LogP contribution is -2.22. The lowest BCUT2D eigenvalue weighted by Gasteiger charge is -2.14. The van der Waals surface area contributed by atoms with E-state index in [0.29, 0.717) is 23.8 Å². The topological polar surface area (TPSA) is 56.8 Å². The number of methoxy groups -OCH3 is 3. The monoisotopic (exact) mass is 361 g/mol. The van der Waals surface area contributed by atoms with Crippen molar-refractivity contribution < 1.29 is 19.0 Å². The number of hydrogen-bond donors (Lipinski definition) is 1. The molecule has 1 N–H and O–H groups in total. The molecule has 1 aromatic carbocycles. The van der Waals surface area contributed by atoms with Gasteiger partial charge in [0.15, 0.2) is 11.5 Å². The van der Waals surface area contributed by atoms with Crippen LogP contribution in [-0.2, 0) is 19.4 Å². The van der Waals surface area contributed by atoms with E-state index in [0.717, 1.165) is 23.3 Å². The Hall–Kier alpha value is -2.21. The van der Waals surface area contributed by atoms with Crippen molar-refractivity contribution >= 4 is 17.2 Å². The largest absolute Gasteiger partial charge is 0.496 e. The van der Waals surface area contributed by atoms with Crippen molar-refractivity contribution in [3.8, 4) is 17.2 Å². The Labute approximate surface area is 151 Å². The molecule has 0 saturated carbocycles. The molecule has 5 nitrogen and oxygen atoms in total. The van der Waals surface area contributed by atoms with E-state index in [2.05, 4.69) is 5.32 Å². The quantitative estimate of drug-likeness (QED) is 0.854. The van der Waals surface area contributed by atoms with E-state index in [1.165, 1.54) is 23.3 Å². The molecule has 0 unspecified atom stereocenters. The molecule has 0 saturated heterocycles. The van der Waals surface area contributed by atoms with Crippen molar-refractivity contribution in [2.45, 2.75) is 32.2 Å². The van der Waals surface area contributed by atoms with Gasteiger partial charge in [-0.15, -0.1) is 11.3 Å². The number of carbonyl (C=O) groups excluding carboxylic acids is 1. The first-order valence-electron chi connectivity index (χ1n) is 8.35. The van der Waals surface area contributed by atoms with Crippen LogP contribution in [0, 0.1) is 0 Å². The molecule has 1 amide bonds. The molecule has 25 heavy (non-hydrogen) atoms. The van der Waals surface area contributed by atoms with Crippen LogP contribution in [0.4, 0.5) is 0 Å². The van der Waals surface area contributed by atoms with Crippen LogP contribution in [0.2, 0.25) is 0 Å². The molecule has 1 heterocycles. The van der Waals surface area contributed by atoms with Crippen molar-refractivity contribution in [2.24, 2.45) is 0 Å². The SMILES string of the molecule is COc1cc(OC)c(OC)cc1CNC(=O)c1cc2c(s1)CCCC2. The lowest BCUT2D eigenvalue weighted by atomic mass is 9.99. The van der Waals surface area contributed by atoms with E-state index >= 15 is 0 Å². The second kappa shape index (κ2) is 7.78. The number of rotatable bonds is 6. The van der Waals surface area contributed by atoms with Crippen LogP contribution in [0.1, 0.15) is 38.5 Å². The van der Waals surface area contributed by atoms with E-state index in [4.69, 9.17) is 14.2 Å². The first-order chi connectivity index (χ1) is 12.2. The van der Waals surface area contributed by atoms with Crippen molar-refractivity contribution in [3.63, 3.8) is 0 Å². The summed E-state index contributed by atoms with van der Waals surface area (Å²) in [7, 11) is 4.76. The van der Waals surface area contributed by atoms with Crippen LogP contribution in [0.3, 0.4) is 0 Å². The second-order valence-corrected chi connectivity index (χ2v) is 7.10. The van der Waals surface area contributed by atoms with Gasteiger partial charge in [-0.25, -0.2) is 0 Å². The van der Waals surface area contributed by atoms with Gasteiger partial charge in [0.1, 0.15) is 5.75 Å². The fourth-order valence-electron chi connectivity index (χ4n) is 3.10. The predicted molar refractivity (Wildman–Crippen MR) is 98.2 cm³/mol. The van der Waals surface area contributed by atoms with Gasteiger partial charge in [0.25, 0.3) is 5.91 Å². The molecule has 134 valence electrons. The molecule has 0 spiro atoms. The summed E-state index contributed by atoms with van der Waals surface area (Å²) >= 11 is 1.61. The average Bonchev–Trinajstić information content (AvgIpc) is 3.09. The maximum absolute atomic E-state index is 12.5. The molecule has 6 heteroatoms. The highest BCUT2D eigenvalue weighted by atomic mass is 32.1. The predicted octanol–water partition coefficient (Wildman–Crippen LogP) is 3.58. The van der Waals surface area contributed by atoms with Gasteiger partial charge in [0.2, 0.25) is 0 Å². The second-order valence-electron chi connectivity index (χ2n) is 5.97. The number of fused-ring (bicyclic) bond motifs is 1. The summed E-state index contributed by atoms with van der Waals surface area (Å²) in [6, 6.07) is 5.64. The zero-order valence-electron chi connectivity index (χ0n) is 14.8. The van der Waals surface area contributed by atoms with Gasteiger partial charge in [-0.1, -0.05) is 0 Å². The maximum atomic E-state index is 12.5. The summed E-state index contributed by atoms with van der Waals surface area (Å²) in [5.74, 6) is 1.82. The van der Waals surface area contributed by atoms with E-state index in [1.807, 2.05) is 12.1 Å². The van der Waals surface area contributed by atoms with Gasteiger partial charge in [-0.05, 0) is 43.4 Å². The Morgan fingerprint density at radius 1 is 1.00 bits per heavy atom. The molecule has 0 fully saturated rings. The van der Waals surface area contributed by atoms with Crippen molar-refractivity contribution in [3.05, 3.63) is 39.1 Å². The summed E-state index contributed by atoms with van der Waals surface area (Å²) in [6.45, 7) is 0.366. The summed E-state index contributed by atoms with van der Waals surface area (Å²) in [6.07, 6.45) is 4.62. The number of thiophene rings is 1. The van der Waals surface area contributed by atoms with Crippen LogP contribution in [0.15, 0.2) is 18.2 Å². The first kappa shape index (κ1) is 17.6. The molecule has 1 aromatic heterocycles.